The molecule has 4 atom stereocenters. The van der Waals surface area contributed by atoms with Gasteiger partial charge in [0.25, 0.3) is 0 Å². The van der Waals surface area contributed by atoms with Crippen LogP contribution >= 0.6 is 15.9 Å². The Morgan fingerprint density at radius 3 is 2.74 bits per heavy atom. The first-order chi connectivity index (χ1) is 8.82. The maximum atomic E-state index is 11.6. The van der Waals surface area contributed by atoms with Crippen molar-refractivity contribution in [2.75, 3.05) is 5.33 Å². The average Bonchev–Trinajstić information content (AvgIpc) is 2.79. The Morgan fingerprint density at radius 2 is 2.16 bits per heavy atom. The molecule has 0 saturated carbocycles. The number of hydrogen-bond donors (Lipinski definition) is 0. The van der Waals surface area contributed by atoms with Gasteiger partial charge in [0.05, 0.1) is 0 Å². The van der Waals surface area contributed by atoms with Crippen LogP contribution in [0.15, 0.2) is 0 Å². The predicted octanol–water partition coefficient (Wildman–Crippen LogP) is 1.15. The summed E-state index contributed by atoms with van der Waals surface area (Å²) in [5.41, 5.74) is 0. The van der Waals surface area contributed by atoms with Crippen LogP contribution in [0.5, 0.6) is 0 Å². The van der Waals surface area contributed by atoms with Gasteiger partial charge in [0, 0.05) is 18.7 Å². The van der Waals surface area contributed by atoms with Gasteiger partial charge in [0.15, 0.2) is 5.79 Å². The molecule has 7 heteroatoms. The highest BCUT2D eigenvalue weighted by Crippen LogP contribution is 2.35. The van der Waals surface area contributed by atoms with Gasteiger partial charge in [-0.05, 0) is 13.8 Å². The molecule has 0 N–H and O–H groups in total. The van der Waals surface area contributed by atoms with E-state index in [1.807, 2.05) is 13.8 Å². The molecule has 0 unspecified atom stereocenters. The molecule has 0 aromatic rings. The molecule has 108 valence electrons. The van der Waals surface area contributed by atoms with Crippen molar-refractivity contribution in [3.05, 3.63) is 0 Å². The summed E-state index contributed by atoms with van der Waals surface area (Å²) < 4.78 is 21.6. The van der Waals surface area contributed by atoms with Gasteiger partial charge < -0.3 is 18.9 Å². The third kappa shape index (κ3) is 3.27. The normalized spacial score (nSPS) is 37.2. The van der Waals surface area contributed by atoms with Crippen molar-refractivity contribution in [2.24, 2.45) is 0 Å². The third-order valence-corrected chi connectivity index (χ3v) is 3.66. The number of alkyl halides is 1. The highest BCUT2D eigenvalue weighted by atomic mass is 79.9. The molecule has 2 saturated heterocycles. The summed E-state index contributed by atoms with van der Waals surface area (Å²) in [5.74, 6) is -1.74. The van der Waals surface area contributed by atoms with E-state index in [2.05, 4.69) is 15.9 Å². The SMILES string of the molecule is CC(=O)O[C@H]1C[C@@H]([C@@H]2OC(C)(C)O[C@@H]2CBr)OC1=O. The second-order valence-electron chi connectivity index (χ2n) is 5.10. The largest absolute Gasteiger partial charge is 0.457 e. The first-order valence-corrected chi connectivity index (χ1v) is 7.24. The standard InChI is InChI=1S/C12H17BrO6/c1-6(14)16-8-4-7(17-11(8)15)10-9(5-13)18-12(2,3)19-10/h7-10H,4-5H2,1-3H3/t7-,8-,9+,10-/m0/s1. The van der Waals surface area contributed by atoms with E-state index >= 15 is 0 Å². The highest BCUT2D eigenvalue weighted by Gasteiger charge is 2.50. The van der Waals surface area contributed by atoms with Gasteiger partial charge in [-0.3, -0.25) is 4.79 Å². The van der Waals surface area contributed by atoms with Crippen molar-refractivity contribution in [2.45, 2.75) is 57.4 Å². The van der Waals surface area contributed by atoms with Crippen LogP contribution in [0.2, 0.25) is 0 Å². The number of carbonyl (C=O) groups excluding carboxylic acids is 2. The molecule has 2 fully saturated rings. The van der Waals surface area contributed by atoms with Gasteiger partial charge in [-0.1, -0.05) is 15.9 Å². The Bertz CT molecular complexity index is 382. The van der Waals surface area contributed by atoms with Crippen LogP contribution in [0.25, 0.3) is 0 Å². The molecule has 0 radical (unpaired) electrons. The number of carbonyl (C=O) groups is 2. The van der Waals surface area contributed by atoms with Crippen molar-refractivity contribution in [1.82, 2.24) is 0 Å². The number of rotatable bonds is 3. The lowest BCUT2D eigenvalue weighted by molar-refractivity contribution is -0.166. The lowest BCUT2D eigenvalue weighted by Crippen LogP contribution is -2.36. The first-order valence-electron chi connectivity index (χ1n) is 6.11. The molecule has 0 aliphatic carbocycles. The Kier molecular flexibility index (Phi) is 4.17. The molecule has 6 nitrogen and oxygen atoms in total. The molecule has 2 aliphatic rings. The van der Waals surface area contributed by atoms with Crippen LogP contribution in [-0.2, 0) is 28.5 Å². The Hall–Kier alpha value is -0.660. The monoisotopic (exact) mass is 336 g/mol. The van der Waals surface area contributed by atoms with E-state index in [1.165, 1.54) is 6.92 Å². The minimum Gasteiger partial charge on any atom is -0.457 e. The minimum absolute atomic E-state index is 0.205. The quantitative estimate of drug-likeness (QED) is 0.568. The van der Waals surface area contributed by atoms with E-state index in [4.69, 9.17) is 18.9 Å². The van der Waals surface area contributed by atoms with Gasteiger partial charge in [-0.2, -0.15) is 0 Å². The first kappa shape index (κ1) is 14.7. The van der Waals surface area contributed by atoms with Crippen molar-refractivity contribution in [3.63, 3.8) is 0 Å². The van der Waals surface area contributed by atoms with Gasteiger partial charge in [0.2, 0.25) is 6.10 Å². The fourth-order valence-electron chi connectivity index (χ4n) is 2.38. The summed E-state index contributed by atoms with van der Waals surface area (Å²) in [7, 11) is 0. The molecule has 19 heavy (non-hydrogen) atoms. The third-order valence-electron chi connectivity index (χ3n) is 3.03. The molecule has 0 amide bonds. The molecular weight excluding hydrogens is 320 g/mol. The zero-order valence-electron chi connectivity index (χ0n) is 11.1. The fraction of sp³-hybridized carbons (Fsp3) is 0.833. The number of halogens is 1. The number of esters is 2. The van der Waals surface area contributed by atoms with Crippen LogP contribution < -0.4 is 0 Å². The summed E-state index contributed by atoms with van der Waals surface area (Å²) >= 11 is 3.36. The summed E-state index contributed by atoms with van der Waals surface area (Å²) in [5, 5.41) is 0.577. The Morgan fingerprint density at radius 1 is 1.47 bits per heavy atom. The molecule has 0 aromatic carbocycles. The summed E-state index contributed by atoms with van der Waals surface area (Å²) in [6.07, 6.45) is -1.57. The second-order valence-corrected chi connectivity index (χ2v) is 5.75. The molecule has 2 heterocycles. The van der Waals surface area contributed by atoms with E-state index in [9.17, 15) is 9.59 Å². The molecule has 0 bridgehead atoms. The predicted molar refractivity (Wildman–Crippen MR) is 67.7 cm³/mol. The van der Waals surface area contributed by atoms with Crippen molar-refractivity contribution < 1.29 is 28.5 Å². The lowest BCUT2D eigenvalue weighted by atomic mass is 10.1. The van der Waals surface area contributed by atoms with Crippen LogP contribution in [0, 0.1) is 0 Å². The van der Waals surface area contributed by atoms with Crippen LogP contribution in [0.1, 0.15) is 27.2 Å². The number of ether oxygens (including phenoxy) is 4. The zero-order valence-corrected chi connectivity index (χ0v) is 12.6. The van der Waals surface area contributed by atoms with E-state index < -0.39 is 29.9 Å². The smallest absolute Gasteiger partial charge is 0.347 e. The molecule has 0 aromatic heterocycles. The summed E-state index contributed by atoms with van der Waals surface area (Å²) in [4.78, 5) is 22.5. The number of hydrogen-bond acceptors (Lipinski definition) is 6. The topological polar surface area (TPSA) is 71.1 Å². The maximum Gasteiger partial charge on any atom is 0.347 e. The fourth-order valence-corrected chi connectivity index (χ4v) is 2.88. The van der Waals surface area contributed by atoms with E-state index in [1.54, 1.807) is 0 Å². The molecule has 2 aliphatic heterocycles. The van der Waals surface area contributed by atoms with E-state index in [-0.39, 0.29) is 12.2 Å². The van der Waals surface area contributed by atoms with Crippen LogP contribution in [-0.4, -0.2) is 47.5 Å². The van der Waals surface area contributed by atoms with Crippen molar-refractivity contribution in [3.8, 4) is 0 Å². The van der Waals surface area contributed by atoms with Crippen LogP contribution in [0.3, 0.4) is 0 Å². The minimum atomic E-state index is -0.842. The number of cyclic esters (lactones) is 1. The maximum absolute atomic E-state index is 11.6. The molecule has 2 rings (SSSR count). The molecular formula is C12H17BrO6. The van der Waals surface area contributed by atoms with Crippen LogP contribution in [0.4, 0.5) is 0 Å². The zero-order chi connectivity index (χ0) is 14.2. The van der Waals surface area contributed by atoms with E-state index in [0.717, 1.165) is 0 Å². The van der Waals surface area contributed by atoms with Gasteiger partial charge >= 0.3 is 11.9 Å². The Labute approximate surface area is 119 Å². The molecule has 0 spiro atoms. The van der Waals surface area contributed by atoms with Crippen molar-refractivity contribution in [1.29, 1.82) is 0 Å². The second kappa shape index (κ2) is 5.38. The lowest BCUT2D eigenvalue weighted by Gasteiger charge is -2.20. The van der Waals surface area contributed by atoms with Gasteiger partial charge in [-0.15, -0.1) is 0 Å². The van der Waals surface area contributed by atoms with Gasteiger partial charge in [-0.25, -0.2) is 4.79 Å². The van der Waals surface area contributed by atoms with E-state index in [0.29, 0.717) is 11.8 Å². The highest BCUT2D eigenvalue weighted by molar-refractivity contribution is 9.09. The summed E-state index contributed by atoms with van der Waals surface area (Å²) in [6.45, 7) is 4.88. The van der Waals surface area contributed by atoms with Crippen molar-refractivity contribution >= 4 is 27.9 Å². The average molecular weight is 337 g/mol. The summed E-state index contributed by atoms with van der Waals surface area (Å²) in [6, 6.07) is 0. The van der Waals surface area contributed by atoms with Gasteiger partial charge in [0.1, 0.15) is 18.3 Å². The Balaban J connectivity index is 2.03.